The average Bonchev–Trinajstić information content (AvgIpc) is 2.33. The van der Waals surface area contributed by atoms with Gasteiger partial charge in [0.2, 0.25) is 0 Å². The van der Waals surface area contributed by atoms with Crippen LogP contribution >= 0.6 is 0 Å². The summed E-state index contributed by atoms with van der Waals surface area (Å²) in [5.74, 6) is 0. The van der Waals surface area contributed by atoms with E-state index in [1.807, 2.05) is 12.2 Å². The number of unbranched alkanes of at least 4 members (excludes halogenated alkanes) is 6. The molecule has 1 nitrogen and oxygen atoms in total. The Kier molecular flexibility index (Phi) is 13.1. The molecular formula is C16H30O. The largest absolute Gasteiger partial charge is 0.393 e. The van der Waals surface area contributed by atoms with Gasteiger partial charge in [0, 0.05) is 0 Å². The minimum atomic E-state index is -0.0535. The number of rotatable bonds is 12. The van der Waals surface area contributed by atoms with Gasteiger partial charge < -0.3 is 5.11 Å². The smallest absolute Gasteiger partial charge is 0.0540 e. The molecule has 0 saturated heterocycles. The molecule has 0 aliphatic carbocycles. The van der Waals surface area contributed by atoms with Crippen LogP contribution in [-0.4, -0.2) is 11.2 Å². The molecule has 0 saturated carbocycles. The van der Waals surface area contributed by atoms with Crippen molar-refractivity contribution in [2.24, 2.45) is 0 Å². The van der Waals surface area contributed by atoms with Crippen molar-refractivity contribution in [2.75, 3.05) is 0 Å². The summed E-state index contributed by atoms with van der Waals surface area (Å²) in [6.45, 7) is 5.84. The first-order valence-corrected chi connectivity index (χ1v) is 7.26. The summed E-state index contributed by atoms with van der Waals surface area (Å²) in [7, 11) is 0. The zero-order valence-corrected chi connectivity index (χ0v) is 11.5. The highest BCUT2D eigenvalue weighted by Crippen LogP contribution is 2.12. The van der Waals surface area contributed by atoms with E-state index >= 15 is 0 Å². The van der Waals surface area contributed by atoms with Gasteiger partial charge in [-0.3, -0.25) is 0 Å². The summed E-state index contributed by atoms with van der Waals surface area (Å²) in [6, 6.07) is 0. The van der Waals surface area contributed by atoms with E-state index in [2.05, 4.69) is 19.6 Å². The molecule has 0 bridgehead atoms. The first kappa shape index (κ1) is 16.4. The molecule has 0 amide bonds. The van der Waals surface area contributed by atoms with Crippen LogP contribution < -0.4 is 0 Å². The van der Waals surface area contributed by atoms with E-state index in [4.69, 9.17) is 0 Å². The molecular weight excluding hydrogens is 208 g/mol. The van der Waals surface area contributed by atoms with Gasteiger partial charge in [0.25, 0.3) is 0 Å². The Hall–Kier alpha value is -0.560. The lowest BCUT2D eigenvalue weighted by Crippen LogP contribution is -2.05. The summed E-state index contributed by atoms with van der Waals surface area (Å²) >= 11 is 0. The van der Waals surface area contributed by atoms with Gasteiger partial charge in [-0.15, -0.1) is 0 Å². The molecule has 0 radical (unpaired) electrons. The molecule has 0 fully saturated rings. The molecule has 1 N–H and O–H groups in total. The van der Waals surface area contributed by atoms with Crippen LogP contribution in [0, 0.1) is 0 Å². The number of hydrogen-bond donors (Lipinski definition) is 1. The minimum absolute atomic E-state index is 0.0535. The molecule has 0 spiro atoms. The first-order chi connectivity index (χ1) is 8.31. The maximum absolute atomic E-state index is 9.73. The number of allylic oxidation sites excluding steroid dienone is 3. The fraction of sp³-hybridized carbons (Fsp3) is 0.750. The van der Waals surface area contributed by atoms with Gasteiger partial charge in [0.15, 0.2) is 0 Å². The fourth-order valence-corrected chi connectivity index (χ4v) is 1.96. The lowest BCUT2D eigenvalue weighted by molar-refractivity contribution is 0.147. The van der Waals surface area contributed by atoms with Crippen molar-refractivity contribution in [3.8, 4) is 0 Å². The third-order valence-corrected chi connectivity index (χ3v) is 3.07. The maximum atomic E-state index is 9.73. The normalized spacial score (nSPS) is 13.1. The lowest BCUT2D eigenvalue weighted by Gasteiger charge is -2.09. The van der Waals surface area contributed by atoms with Gasteiger partial charge in [0.05, 0.1) is 6.10 Å². The van der Waals surface area contributed by atoms with Gasteiger partial charge in [-0.2, -0.15) is 0 Å². The van der Waals surface area contributed by atoms with Crippen LogP contribution in [0.2, 0.25) is 0 Å². The van der Waals surface area contributed by atoms with Gasteiger partial charge in [-0.1, -0.05) is 70.3 Å². The third kappa shape index (κ3) is 13.4. The Morgan fingerprint density at radius 3 is 2.29 bits per heavy atom. The van der Waals surface area contributed by atoms with Gasteiger partial charge in [-0.25, -0.2) is 0 Å². The molecule has 0 aromatic rings. The second-order valence-corrected chi connectivity index (χ2v) is 4.81. The number of hydrogen-bond acceptors (Lipinski definition) is 1. The van der Waals surface area contributed by atoms with Gasteiger partial charge in [0.1, 0.15) is 0 Å². The molecule has 0 aliphatic rings. The monoisotopic (exact) mass is 238 g/mol. The Morgan fingerprint density at radius 2 is 1.65 bits per heavy atom. The Morgan fingerprint density at radius 1 is 1.00 bits per heavy atom. The molecule has 17 heavy (non-hydrogen) atoms. The minimum Gasteiger partial charge on any atom is -0.393 e. The highest BCUT2D eigenvalue weighted by atomic mass is 16.3. The van der Waals surface area contributed by atoms with Gasteiger partial charge >= 0.3 is 0 Å². The van der Waals surface area contributed by atoms with E-state index in [-0.39, 0.29) is 6.10 Å². The predicted molar refractivity (Wildman–Crippen MR) is 77.2 cm³/mol. The topological polar surface area (TPSA) is 20.2 Å². The molecule has 0 aromatic heterocycles. The highest BCUT2D eigenvalue weighted by molar-refractivity contribution is 4.96. The van der Waals surface area contributed by atoms with Crippen LogP contribution in [0.15, 0.2) is 24.8 Å². The molecule has 100 valence electrons. The zero-order valence-electron chi connectivity index (χ0n) is 11.5. The average molecular weight is 238 g/mol. The maximum Gasteiger partial charge on any atom is 0.0540 e. The Labute approximate surface area is 108 Å². The molecule has 0 heterocycles. The Balaban J connectivity index is 3.15. The van der Waals surface area contributed by atoms with Crippen LogP contribution in [-0.2, 0) is 0 Å². The van der Waals surface area contributed by atoms with E-state index in [1.54, 1.807) is 0 Å². The van der Waals surface area contributed by atoms with Crippen molar-refractivity contribution < 1.29 is 5.11 Å². The number of aliphatic hydroxyl groups is 1. The molecule has 0 aromatic carbocycles. The fourth-order valence-electron chi connectivity index (χ4n) is 1.96. The van der Waals surface area contributed by atoms with Crippen molar-refractivity contribution in [3.05, 3.63) is 24.8 Å². The van der Waals surface area contributed by atoms with Crippen LogP contribution in [0.5, 0.6) is 0 Å². The quantitative estimate of drug-likeness (QED) is 0.374. The summed E-state index contributed by atoms with van der Waals surface area (Å²) in [6.07, 6.45) is 17.8. The molecule has 1 atom stereocenters. The highest BCUT2D eigenvalue weighted by Gasteiger charge is 2.02. The van der Waals surface area contributed by atoms with Crippen LogP contribution in [0.3, 0.4) is 0 Å². The van der Waals surface area contributed by atoms with Crippen LogP contribution in [0.4, 0.5) is 0 Å². The summed E-state index contributed by atoms with van der Waals surface area (Å²) < 4.78 is 0. The van der Waals surface area contributed by atoms with Gasteiger partial charge in [-0.05, 0) is 25.7 Å². The Bertz CT molecular complexity index is 184. The van der Waals surface area contributed by atoms with E-state index in [1.165, 1.54) is 44.9 Å². The first-order valence-electron chi connectivity index (χ1n) is 7.26. The lowest BCUT2D eigenvalue weighted by atomic mass is 10.0. The van der Waals surface area contributed by atoms with E-state index in [0.29, 0.717) is 0 Å². The molecule has 1 unspecified atom stereocenters. The summed E-state index contributed by atoms with van der Waals surface area (Å²) in [5.41, 5.74) is 0. The SMILES string of the molecule is C=CC=CCCCCCCC(O)CCCCC. The molecule has 0 aliphatic heterocycles. The summed E-state index contributed by atoms with van der Waals surface area (Å²) in [4.78, 5) is 0. The molecule has 0 rings (SSSR count). The van der Waals surface area contributed by atoms with Crippen molar-refractivity contribution in [2.45, 2.75) is 77.2 Å². The zero-order chi connectivity index (χ0) is 12.8. The van der Waals surface area contributed by atoms with Crippen molar-refractivity contribution >= 4 is 0 Å². The van der Waals surface area contributed by atoms with Crippen LogP contribution in [0.1, 0.15) is 71.1 Å². The number of aliphatic hydroxyl groups excluding tert-OH is 1. The second kappa shape index (κ2) is 13.5. The second-order valence-electron chi connectivity index (χ2n) is 4.81. The van der Waals surface area contributed by atoms with Crippen molar-refractivity contribution in [1.29, 1.82) is 0 Å². The van der Waals surface area contributed by atoms with Crippen molar-refractivity contribution in [3.63, 3.8) is 0 Å². The predicted octanol–water partition coefficient (Wildman–Crippen LogP) is 5.01. The van der Waals surface area contributed by atoms with Crippen molar-refractivity contribution in [1.82, 2.24) is 0 Å². The van der Waals surface area contributed by atoms with E-state index in [0.717, 1.165) is 19.3 Å². The van der Waals surface area contributed by atoms with E-state index < -0.39 is 0 Å². The summed E-state index contributed by atoms with van der Waals surface area (Å²) in [5, 5.41) is 9.73. The molecule has 1 heteroatoms. The van der Waals surface area contributed by atoms with Crippen LogP contribution in [0.25, 0.3) is 0 Å². The standard InChI is InChI=1S/C16H30O/c1-3-5-7-8-9-10-11-13-15-16(17)14-12-6-4-2/h3,5,7,16-17H,1,4,6,8-15H2,2H3. The third-order valence-electron chi connectivity index (χ3n) is 3.07. The van der Waals surface area contributed by atoms with E-state index in [9.17, 15) is 5.11 Å².